The summed E-state index contributed by atoms with van der Waals surface area (Å²) in [4.78, 5) is 11.8. The molecular formula is C18H16ClN3O2. The Morgan fingerprint density at radius 1 is 1.25 bits per heavy atom. The van der Waals surface area contributed by atoms with E-state index in [-0.39, 0.29) is 5.69 Å². The second-order valence-electron chi connectivity index (χ2n) is 5.85. The van der Waals surface area contributed by atoms with Gasteiger partial charge < -0.3 is 4.74 Å². The lowest BCUT2D eigenvalue weighted by Gasteiger charge is -2.10. The molecule has 2 aromatic carbocycles. The Morgan fingerprint density at radius 2 is 2.17 bits per heavy atom. The molecule has 0 bridgehead atoms. The van der Waals surface area contributed by atoms with Crippen LogP contribution in [0.2, 0.25) is 5.02 Å². The van der Waals surface area contributed by atoms with Gasteiger partial charge in [-0.05, 0) is 54.3 Å². The predicted molar refractivity (Wildman–Crippen MR) is 92.4 cm³/mol. The standard InChI is InChI=1S/C18H16ClN3O2/c19-14-5-1-3-12(9-14)11-24-15-6-7-16-13(10-15)4-2-8-22-17(16)20-21-18(22)23/h1,3,5-7,9-10H,2,4,8,11H2,(H,21,23). The molecule has 5 nitrogen and oxygen atoms in total. The molecule has 0 saturated heterocycles. The van der Waals surface area contributed by atoms with Gasteiger partial charge in [0, 0.05) is 17.1 Å². The van der Waals surface area contributed by atoms with Gasteiger partial charge in [-0.1, -0.05) is 23.7 Å². The summed E-state index contributed by atoms with van der Waals surface area (Å²) in [6.07, 6.45) is 1.80. The average Bonchev–Trinajstić information content (AvgIpc) is 2.84. The zero-order chi connectivity index (χ0) is 16.5. The van der Waals surface area contributed by atoms with Crippen LogP contribution in [0.1, 0.15) is 17.5 Å². The average molecular weight is 342 g/mol. The van der Waals surface area contributed by atoms with E-state index < -0.39 is 0 Å². The quantitative estimate of drug-likeness (QED) is 0.794. The highest BCUT2D eigenvalue weighted by Gasteiger charge is 2.18. The van der Waals surface area contributed by atoms with Gasteiger partial charge >= 0.3 is 5.69 Å². The maximum absolute atomic E-state index is 11.8. The summed E-state index contributed by atoms with van der Waals surface area (Å²) >= 11 is 6.00. The number of aromatic nitrogens is 3. The number of rotatable bonds is 3. The summed E-state index contributed by atoms with van der Waals surface area (Å²) in [7, 11) is 0. The minimum absolute atomic E-state index is 0.154. The first-order valence-corrected chi connectivity index (χ1v) is 8.24. The molecule has 0 unspecified atom stereocenters. The molecule has 3 aromatic rings. The van der Waals surface area contributed by atoms with Crippen molar-refractivity contribution in [2.24, 2.45) is 0 Å². The topological polar surface area (TPSA) is 59.9 Å². The summed E-state index contributed by atoms with van der Waals surface area (Å²) in [5.74, 6) is 1.51. The molecule has 0 radical (unpaired) electrons. The number of nitrogens with zero attached hydrogens (tertiary/aromatic N) is 2. The Labute approximate surface area is 143 Å². The molecule has 1 aliphatic rings. The second kappa shape index (κ2) is 6.17. The van der Waals surface area contributed by atoms with Crippen LogP contribution in [0.3, 0.4) is 0 Å². The number of nitrogens with one attached hydrogen (secondary N) is 1. The van der Waals surface area contributed by atoms with E-state index in [1.807, 2.05) is 42.5 Å². The minimum Gasteiger partial charge on any atom is -0.489 e. The molecule has 0 fully saturated rings. The fourth-order valence-electron chi connectivity index (χ4n) is 3.04. The Bertz CT molecular complexity index is 945. The largest absolute Gasteiger partial charge is 0.489 e. The van der Waals surface area contributed by atoms with Gasteiger partial charge in [-0.15, -0.1) is 0 Å². The van der Waals surface area contributed by atoms with Crippen LogP contribution in [0.5, 0.6) is 5.75 Å². The Balaban J connectivity index is 1.60. The predicted octanol–water partition coefficient (Wildman–Crippen LogP) is 3.42. The lowest BCUT2D eigenvalue weighted by molar-refractivity contribution is 0.306. The molecule has 0 spiro atoms. The van der Waals surface area contributed by atoms with E-state index in [0.717, 1.165) is 35.3 Å². The monoisotopic (exact) mass is 341 g/mol. The minimum atomic E-state index is -0.154. The summed E-state index contributed by atoms with van der Waals surface area (Å²) < 4.78 is 7.58. The summed E-state index contributed by atoms with van der Waals surface area (Å²) in [5, 5.41) is 7.39. The third-order valence-corrected chi connectivity index (χ3v) is 4.43. The zero-order valence-electron chi connectivity index (χ0n) is 13.0. The number of hydrogen-bond acceptors (Lipinski definition) is 3. The third-order valence-electron chi connectivity index (χ3n) is 4.20. The van der Waals surface area contributed by atoms with Crippen molar-refractivity contribution in [1.29, 1.82) is 0 Å². The van der Waals surface area contributed by atoms with Crippen LogP contribution in [0.4, 0.5) is 0 Å². The molecule has 0 atom stereocenters. The fourth-order valence-corrected chi connectivity index (χ4v) is 3.25. The van der Waals surface area contributed by atoms with Crippen molar-refractivity contribution in [1.82, 2.24) is 14.8 Å². The Hall–Kier alpha value is -2.53. The first-order valence-electron chi connectivity index (χ1n) is 7.86. The number of halogens is 1. The lowest BCUT2D eigenvalue weighted by atomic mass is 10.0. The van der Waals surface area contributed by atoms with Crippen LogP contribution in [-0.4, -0.2) is 14.8 Å². The molecule has 2 heterocycles. The van der Waals surface area contributed by atoms with Gasteiger partial charge in [0.2, 0.25) is 0 Å². The van der Waals surface area contributed by atoms with E-state index >= 15 is 0 Å². The molecule has 6 heteroatoms. The summed E-state index contributed by atoms with van der Waals surface area (Å²) in [6.45, 7) is 1.14. The number of fused-ring (bicyclic) bond motifs is 3. The van der Waals surface area contributed by atoms with Crippen molar-refractivity contribution in [2.75, 3.05) is 0 Å². The molecule has 0 amide bonds. The van der Waals surface area contributed by atoms with Crippen molar-refractivity contribution < 1.29 is 4.74 Å². The van der Waals surface area contributed by atoms with E-state index in [1.54, 1.807) is 4.57 Å². The van der Waals surface area contributed by atoms with Gasteiger partial charge in [-0.3, -0.25) is 4.57 Å². The molecule has 0 aliphatic carbocycles. The van der Waals surface area contributed by atoms with Crippen molar-refractivity contribution in [3.63, 3.8) is 0 Å². The SMILES string of the molecule is O=c1[nH]nc2n1CCCc1cc(OCc3cccc(Cl)c3)ccc1-2. The Morgan fingerprint density at radius 3 is 3.04 bits per heavy atom. The van der Waals surface area contributed by atoms with Crippen molar-refractivity contribution in [3.05, 3.63) is 69.1 Å². The zero-order valence-corrected chi connectivity index (χ0v) is 13.7. The van der Waals surface area contributed by atoms with Crippen LogP contribution in [0.15, 0.2) is 47.3 Å². The normalized spacial score (nSPS) is 13.0. The van der Waals surface area contributed by atoms with E-state index in [0.29, 0.717) is 24.0 Å². The number of ether oxygens (including phenoxy) is 1. The molecule has 1 aliphatic heterocycles. The van der Waals surface area contributed by atoms with Gasteiger partial charge in [0.25, 0.3) is 0 Å². The van der Waals surface area contributed by atoms with Gasteiger partial charge in [0.1, 0.15) is 12.4 Å². The maximum Gasteiger partial charge on any atom is 0.343 e. The number of H-pyrrole nitrogens is 1. The van der Waals surface area contributed by atoms with E-state index in [1.165, 1.54) is 0 Å². The molecular weight excluding hydrogens is 326 g/mol. The van der Waals surface area contributed by atoms with Gasteiger partial charge in [-0.2, -0.15) is 5.10 Å². The molecule has 4 rings (SSSR count). The van der Waals surface area contributed by atoms with E-state index in [4.69, 9.17) is 16.3 Å². The van der Waals surface area contributed by atoms with Crippen molar-refractivity contribution >= 4 is 11.6 Å². The molecule has 122 valence electrons. The fraction of sp³-hybridized carbons (Fsp3) is 0.222. The smallest absolute Gasteiger partial charge is 0.343 e. The van der Waals surface area contributed by atoms with Gasteiger partial charge in [-0.25, -0.2) is 9.89 Å². The van der Waals surface area contributed by atoms with Crippen LogP contribution in [0.25, 0.3) is 11.4 Å². The van der Waals surface area contributed by atoms with Crippen LogP contribution >= 0.6 is 11.6 Å². The van der Waals surface area contributed by atoms with Crippen LogP contribution in [-0.2, 0) is 19.6 Å². The highest BCUT2D eigenvalue weighted by atomic mass is 35.5. The van der Waals surface area contributed by atoms with Gasteiger partial charge in [0.15, 0.2) is 5.82 Å². The van der Waals surface area contributed by atoms with Crippen molar-refractivity contribution in [2.45, 2.75) is 26.0 Å². The number of benzene rings is 2. The van der Waals surface area contributed by atoms with E-state index in [2.05, 4.69) is 10.2 Å². The maximum atomic E-state index is 11.8. The number of aryl methyl sites for hydroxylation is 1. The van der Waals surface area contributed by atoms with Gasteiger partial charge in [0.05, 0.1) is 0 Å². The highest BCUT2D eigenvalue weighted by Crippen LogP contribution is 2.29. The lowest BCUT2D eigenvalue weighted by Crippen LogP contribution is -2.16. The molecule has 1 aromatic heterocycles. The van der Waals surface area contributed by atoms with Crippen molar-refractivity contribution in [3.8, 4) is 17.1 Å². The highest BCUT2D eigenvalue weighted by molar-refractivity contribution is 6.30. The summed E-state index contributed by atoms with van der Waals surface area (Å²) in [6, 6.07) is 13.6. The first-order chi connectivity index (χ1) is 11.7. The van der Waals surface area contributed by atoms with E-state index in [9.17, 15) is 4.79 Å². The molecule has 1 N–H and O–H groups in total. The van der Waals surface area contributed by atoms with Crippen LogP contribution < -0.4 is 10.4 Å². The number of hydrogen-bond donors (Lipinski definition) is 1. The summed E-state index contributed by atoms with van der Waals surface area (Å²) in [5.41, 5.74) is 3.01. The number of aromatic amines is 1. The Kier molecular flexibility index (Phi) is 3.86. The second-order valence-corrected chi connectivity index (χ2v) is 6.28. The van der Waals surface area contributed by atoms with Crippen LogP contribution in [0, 0.1) is 0 Å². The first kappa shape index (κ1) is 15.0. The molecule has 0 saturated carbocycles. The molecule has 24 heavy (non-hydrogen) atoms. The third kappa shape index (κ3) is 2.83.